The predicted octanol–water partition coefficient (Wildman–Crippen LogP) is 1.52. The molecule has 2 nitrogen and oxygen atoms in total. The van der Waals surface area contributed by atoms with Gasteiger partial charge in [-0.25, -0.2) is 0 Å². The fourth-order valence-electron chi connectivity index (χ4n) is 0.588. The molecule has 0 saturated heterocycles. The van der Waals surface area contributed by atoms with E-state index in [0.717, 1.165) is 19.4 Å². The summed E-state index contributed by atoms with van der Waals surface area (Å²) >= 11 is 0. The van der Waals surface area contributed by atoms with Crippen molar-refractivity contribution in [2.45, 2.75) is 19.8 Å². The zero-order valence-corrected chi connectivity index (χ0v) is 7.21. The molecule has 0 N–H and O–H groups in total. The Morgan fingerprint density at radius 3 is 2.58 bits per heavy atom. The number of ether oxygens (including phenoxy) is 2. The molecule has 0 aliphatic rings. The molecule has 0 spiro atoms. The topological polar surface area (TPSA) is 18.5 Å². The van der Waals surface area contributed by atoms with Crippen LogP contribution >= 0.6 is 0 Å². The molecule has 0 saturated carbocycles. The fraction of sp³-hybridized carbons (Fsp3) is 0.667. The summed E-state index contributed by atoms with van der Waals surface area (Å²) in [7, 11) is 0. The molecular weight excluding hydrogens is 147 g/mol. The van der Waals surface area contributed by atoms with Crippen molar-refractivity contribution in [1.29, 1.82) is 0 Å². The van der Waals surface area contributed by atoms with Gasteiger partial charge in [0.15, 0.2) is 0 Å². The maximum atomic E-state index is 5.13. The van der Waals surface area contributed by atoms with Gasteiger partial charge < -0.3 is 9.47 Å². The zero-order chi connectivity index (χ0) is 8.36. The van der Waals surface area contributed by atoms with Crippen LogP contribution in [0.1, 0.15) is 19.8 Å². The minimum atomic E-state index is 0. The van der Waals surface area contributed by atoms with Gasteiger partial charge in [0.25, 0.3) is 0 Å². The summed E-state index contributed by atoms with van der Waals surface area (Å²) in [5.74, 6) is 0. The number of hydrogen-bond acceptors (Lipinski definition) is 2. The molecule has 0 rings (SSSR count). The first-order chi connectivity index (χ1) is 5.41. The first-order valence-electron chi connectivity index (χ1n) is 4.01. The molecule has 0 unspecified atom stereocenters. The quantitative estimate of drug-likeness (QED) is 0.246. The molecule has 3 heteroatoms. The van der Waals surface area contributed by atoms with E-state index in [9.17, 15) is 0 Å². The average Bonchev–Trinajstić information content (AvgIpc) is 2.03. The molecule has 0 heterocycles. The van der Waals surface area contributed by atoms with Crippen molar-refractivity contribution in [1.82, 2.24) is 0 Å². The summed E-state index contributed by atoms with van der Waals surface area (Å²) in [5.41, 5.74) is 0. The van der Waals surface area contributed by atoms with Crippen LogP contribution < -0.4 is 0 Å². The van der Waals surface area contributed by atoms with Gasteiger partial charge in [0.05, 0.1) is 6.61 Å². The van der Waals surface area contributed by atoms with Gasteiger partial charge in [-0.15, -0.1) is 0 Å². The van der Waals surface area contributed by atoms with Gasteiger partial charge >= 0.3 is 18.9 Å². The molecule has 0 aliphatic carbocycles. The summed E-state index contributed by atoms with van der Waals surface area (Å²) in [6, 6.07) is 0. The molecule has 0 bridgehead atoms. The van der Waals surface area contributed by atoms with E-state index in [2.05, 4.69) is 13.0 Å². The second-order valence-electron chi connectivity index (χ2n) is 2.07. The van der Waals surface area contributed by atoms with E-state index in [0.29, 0.717) is 13.4 Å². The number of allylic oxidation sites excluding steroid dienone is 1. The van der Waals surface area contributed by atoms with Crippen molar-refractivity contribution in [3.8, 4) is 0 Å². The Bertz CT molecular complexity index is 94.5. The van der Waals surface area contributed by atoms with E-state index in [4.69, 9.17) is 9.47 Å². The van der Waals surface area contributed by atoms with Gasteiger partial charge in [0.1, 0.15) is 6.79 Å². The molecule has 0 amide bonds. The summed E-state index contributed by atoms with van der Waals surface area (Å²) in [6.07, 6.45) is 5.90. The average molecular weight is 165 g/mol. The Morgan fingerprint density at radius 2 is 2.00 bits per heavy atom. The fourth-order valence-corrected chi connectivity index (χ4v) is 0.588. The molecule has 1 radical (unpaired) electrons. The van der Waals surface area contributed by atoms with Gasteiger partial charge in [0, 0.05) is 6.61 Å². The third-order valence-electron chi connectivity index (χ3n) is 1.13. The van der Waals surface area contributed by atoms with Crippen LogP contribution in [-0.4, -0.2) is 38.9 Å². The molecular formula is C9H18LiO2. The molecule has 0 aliphatic heterocycles. The molecule has 0 fully saturated rings. The van der Waals surface area contributed by atoms with E-state index in [1.54, 1.807) is 0 Å². The van der Waals surface area contributed by atoms with E-state index < -0.39 is 0 Å². The van der Waals surface area contributed by atoms with Crippen molar-refractivity contribution in [3.05, 3.63) is 19.1 Å². The summed E-state index contributed by atoms with van der Waals surface area (Å²) in [6.45, 7) is 7.49. The van der Waals surface area contributed by atoms with E-state index >= 15 is 0 Å². The van der Waals surface area contributed by atoms with Gasteiger partial charge in [0.2, 0.25) is 0 Å². The van der Waals surface area contributed by atoms with Gasteiger partial charge in [-0.2, -0.15) is 0 Å². The summed E-state index contributed by atoms with van der Waals surface area (Å²) < 4.78 is 10.1. The third-order valence-corrected chi connectivity index (χ3v) is 1.13. The number of rotatable bonds is 7. The second kappa shape index (κ2) is 13.8. The standard InChI is InChI=1S/C9H17O2.Li.H/c1-3-5-6-7-8-11-9-10-4-2;;/h5-6H,1,3-4,7-9H2,2H3;;/b6-5-;;. The number of hydrogen-bond donors (Lipinski definition) is 0. The first-order valence-corrected chi connectivity index (χ1v) is 4.01. The Hall–Kier alpha value is 0.257. The Balaban J connectivity index is 0. The summed E-state index contributed by atoms with van der Waals surface area (Å²) in [4.78, 5) is 0. The monoisotopic (exact) mass is 165 g/mol. The molecule has 12 heavy (non-hydrogen) atoms. The van der Waals surface area contributed by atoms with E-state index in [-0.39, 0.29) is 18.9 Å². The predicted molar refractivity (Wildman–Crippen MR) is 53.3 cm³/mol. The molecule has 0 atom stereocenters. The van der Waals surface area contributed by atoms with Gasteiger partial charge in [-0.3, -0.25) is 0 Å². The van der Waals surface area contributed by atoms with Crippen LogP contribution in [0.25, 0.3) is 0 Å². The van der Waals surface area contributed by atoms with Gasteiger partial charge in [-0.05, 0) is 26.7 Å². The van der Waals surface area contributed by atoms with Crippen LogP contribution in [0.15, 0.2) is 12.2 Å². The van der Waals surface area contributed by atoms with Gasteiger partial charge in [-0.1, -0.05) is 12.2 Å². The zero-order valence-electron chi connectivity index (χ0n) is 7.21. The Kier molecular flexibility index (Phi) is 17.0. The van der Waals surface area contributed by atoms with Crippen molar-refractivity contribution in [2.24, 2.45) is 0 Å². The molecule has 0 aromatic rings. The second-order valence-corrected chi connectivity index (χ2v) is 2.07. The van der Waals surface area contributed by atoms with Crippen molar-refractivity contribution in [2.75, 3.05) is 20.0 Å². The first kappa shape index (κ1) is 14.8. The third kappa shape index (κ3) is 12.9. The Labute approximate surface area is 87.5 Å². The Morgan fingerprint density at radius 1 is 1.25 bits per heavy atom. The van der Waals surface area contributed by atoms with Crippen molar-refractivity contribution >= 4 is 18.9 Å². The molecule has 67 valence electrons. The van der Waals surface area contributed by atoms with Crippen molar-refractivity contribution in [3.63, 3.8) is 0 Å². The SMILES string of the molecule is [CH2]C/C=C\CCOCOCC.[LiH]. The van der Waals surface area contributed by atoms with Crippen LogP contribution in [0.3, 0.4) is 0 Å². The van der Waals surface area contributed by atoms with E-state index in [1.807, 2.05) is 13.0 Å². The molecule has 0 aromatic carbocycles. The van der Waals surface area contributed by atoms with Crippen LogP contribution in [0, 0.1) is 6.92 Å². The minimum absolute atomic E-state index is 0. The molecule has 0 aromatic heterocycles. The van der Waals surface area contributed by atoms with Crippen molar-refractivity contribution < 1.29 is 9.47 Å². The van der Waals surface area contributed by atoms with E-state index in [1.165, 1.54) is 0 Å². The maximum absolute atomic E-state index is 5.13. The normalized spacial score (nSPS) is 10.2. The van der Waals surface area contributed by atoms with Crippen LogP contribution in [-0.2, 0) is 9.47 Å². The van der Waals surface area contributed by atoms with Crippen LogP contribution in [0.5, 0.6) is 0 Å². The van der Waals surface area contributed by atoms with Crippen LogP contribution in [0.4, 0.5) is 0 Å². The van der Waals surface area contributed by atoms with Crippen LogP contribution in [0.2, 0.25) is 0 Å². The summed E-state index contributed by atoms with van der Waals surface area (Å²) in [5, 5.41) is 0.